The highest BCUT2D eigenvalue weighted by Gasteiger charge is 2.29. The van der Waals surface area contributed by atoms with E-state index >= 15 is 0 Å². The minimum Gasteiger partial charge on any atom is -0.488 e. The van der Waals surface area contributed by atoms with Gasteiger partial charge in [0.1, 0.15) is 16.5 Å². The van der Waals surface area contributed by atoms with Gasteiger partial charge in [0.05, 0.1) is 17.5 Å². The van der Waals surface area contributed by atoms with Crippen molar-refractivity contribution in [3.05, 3.63) is 70.2 Å². The number of amides is 1. The summed E-state index contributed by atoms with van der Waals surface area (Å²) in [7, 11) is -3.61. The van der Waals surface area contributed by atoms with Crippen molar-refractivity contribution in [1.29, 1.82) is 0 Å². The van der Waals surface area contributed by atoms with E-state index in [9.17, 15) is 13.2 Å². The summed E-state index contributed by atoms with van der Waals surface area (Å²) in [6.07, 6.45) is 7.71. The van der Waals surface area contributed by atoms with Gasteiger partial charge in [-0.25, -0.2) is 8.42 Å². The van der Waals surface area contributed by atoms with Crippen molar-refractivity contribution in [2.45, 2.75) is 84.2 Å². The molecule has 1 saturated heterocycles. The minimum absolute atomic E-state index is 0.0434. The summed E-state index contributed by atoms with van der Waals surface area (Å²) in [5, 5.41) is 9.88. The van der Waals surface area contributed by atoms with Crippen LogP contribution in [0.3, 0.4) is 0 Å². The van der Waals surface area contributed by atoms with Gasteiger partial charge in [-0.3, -0.25) is 9.52 Å². The number of hydrogen-bond donors (Lipinski definition) is 1. The average Bonchev–Trinajstić information content (AvgIpc) is 3.67. The Morgan fingerprint density at radius 3 is 2.41 bits per heavy atom. The summed E-state index contributed by atoms with van der Waals surface area (Å²) in [4.78, 5) is 15.6. The zero-order valence-electron chi connectivity index (χ0n) is 26.1. The van der Waals surface area contributed by atoms with E-state index in [-0.39, 0.29) is 23.2 Å². The van der Waals surface area contributed by atoms with Crippen LogP contribution in [0.25, 0.3) is 0 Å². The molecule has 11 heteroatoms. The molecule has 0 spiro atoms. The normalized spacial score (nSPS) is 16.3. The van der Waals surface area contributed by atoms with Crippen LogP contribution in [0, 0.1) is 6.92 Å². The van der Waals surface area contributed by atoms with E-state index in [2.05, 4.69) is 47.8 Å². The molecule has 2 aliphatic rings. The molecule has 1 aliphatic carbocycles. The molecule has 1 aliphatic heterocycles. The Hall–Kier alpha value is -3.44. The summed E-state index contributed by atoms with van der Waals surface area (Å²) in [5.74, 6) is 1.39. The van der Waals surface area contributed by atoms with Crippen LogP contribution in [0.2, 0.25) is 0 Å². The molecule has 2 aromatic carbocycles. The smallest absolute Gasteiger partial charge is 0.299 e. The molecule has 44 heavy (non-hydrogen) atoms. The molecule has 236 valence electrons. The van der Waals surface area contributed by atoms with Crippen molar-refractivity contribution < 1.29 is 22.7 Å². The third kappa shape index (κ3) is 8.18. The molecular formula is C33H42N4O5S2. The summed E-state index contributed by atoms with van der Waals surface area (Å²) in [6, 6.07) is 11.5. The van der Waals surface area contributed by atoms with Crippen molar-refractivity contribution in [3.8, 4) is 16.7 Å². The molecule has 1 N–H and O–H groups in total. The lowest BCUT2D eigenvalue weighted by Gasteiger charge is -2.33. The van der Waals surface area contributed by atoms with Gasteiger partial charge in [0.2, 0.25) is 10.0 Å². The van der Waals surface area contributed by atoms with Gasteiger partial charge in [-0.1, -0.05) is 61.5 Å². The highest BCUT2D eigenvalue weighted by molar-refractivity contribution is 7.92. The molecular weight excluding hydrogens is 597 g/mol. The first-order chi connectivity index (χ1) is 20.9. The Labute approximate surface area is 264 Å². The monoisotopic (exact) mass is 638 g/mol. The molecule has 1 saturated carbocycles. The largest absolute Gasteiger partial charge is 0.488 e. The molecule has 0 bridgehead atoms. The number of anilines is 1. The SMILES string of the molecule is C/C=C\CCS(=O)(=O)Nc1cc(C(=O)N2CCC(c3ccc(Oc4nnc(C(C)(C)C)s4)cc3)CC2)c(C)cc1OC1CC1. The molecule has 0 unspecified atom stereocenters. The average molecular weight is 639 g/mol. The van der Waals surface area contributed by atoms with Gasteiger partial charge >= 0.3 is 0 Å². The van der Waals surface area contributed by atoms with Crippen molar-refractivity contribution in [2.24, 2.45) is 0 Å². The number of rotatable bonds is 11. The number of carbonyl (C=O) groups excluding carboxylic acids is 1. The number of likely N-dealkylation sites (tertiary alicyclic amines) is 1. The number of aromatic nitrogens is 2. The molecule has 2 fully saturated rings. The Kier molecular flexibility index (Phi) is 9.65. The van der Waals surface area contributed by atoms with Gasteiger partial charge in [0, 0.05) is 24.1 Å². The second-order valence-corrected chi connectivity index (χ2v) is 15.4. The van der Waals surface area contributed by atoms with Gasteiger partial charge in [-0.15, -0.1) is 5.10 Å². The van der Waals surface area contributed by atoms with E-state index in [4.69, 9.17) is 9.47 Å². The van der Waals surface area contributed by atoms with Gasteiger partial charge < -0.3 is 14.4 Å². The topological polar surface area (TPSA) is 111 Å². The van der Waals surface area contributed by atoms with E-state index in [1.807, 2.05) is 43.0 Å². The molecule has 2 heterocycles. The van der Waals surface area contributed by atoms with E-state index < -0.39 is 10.0 Å². The molecule has 9 nitrogen and oxygen atoms in total. The number of ether oxygens (including phenoxy) is 2. The molecule has 0 radical (unpaired) electrons. The van der Waals surface area contributed by atoms with E-state index in [0.29, 0.717) is 47.6 Å². The third-order valence-electron chi connectivity index (χ3n) is 7.82. The number of hydrogen-bond acceptors (Lipinski definition) is 8. The highest BCUT2D eigenvalue weighted by Crippen LogP contribution is 2.37. The van der Waals surface area contributed by atoms with E-state index in [0.717, 1.165) is 42.0 Å². The first-order valence-corrected chi connectivity index (χ1v) is 17.7. The molecule has 0 atom stereocenters. The Morgan fingerprint density at radius 2 is 1.80 bits per heavy atom. The second kappa shape index (κ2) is 13.3. The zero-order valence-corrected chi connectivity index (χ0v) is 27.8. The third-order valence-corrected chi connectivity index (χ3v) is 10.3. The number of sulfonamides is 1. The van der Waals surface area contributed by atoms with E-state index in [1.54, 1.807) is 12.1 Å². The molecule has 3 aromatic rings. The standard InChI is InChI=1S/C33H42N4O5S2/c1-6-7-8-19-44(39,40)36-28-21-27(22(2)20-29(28)41-25-13-14-25)30(38)37-17-15-24(16-18-37)23-9-11-26(12-10-23)42-32-35-34-31(43-32)33(3,4)5/h6-7,9-12,20-21,24-25,36H,8,13-19H2,1-5H3/b7-6-. The van der Waals surface area contributed by atoms with Crippen LogP contribution in [0.4, 0.5) is 5.69 Å². The fourth-order valence-corrected chi connectivity index (χ4v) is 6.93. The van der Waals surface area contributed by atoms with E-state index in [1.165, 1.54) is 16.9 Å². The maximum Gasteiger partial charge on any atom is 0.299 e. The van der Waals surface area contributed by atoms with Crippen LogP contribution >= 0.6 is 11.3 Å². The second-order valence-electron chi connectivity index (χ2n) is 12.6. The summed E-state index contributed by atoms with van der Waals surface area (Å²) >= 11 is 1.46. The van der Waals surface area contributed by atoms with Crippen molar-refractivity contribution in [3.63, 3.8) is 0 Å². The number of piperidine rings is 1. The van der Waals surface area contributed by atoms with Crippen molar-refractivity contribution >= 4 is 33.0 Å². The number of nitrogens with one attached hydrogen (secondary N) is 1. The van der Waals surface area contributed by atoms with Crippen molar-refractivity contribution in [2.75, 3.05) is 23.6 Å². The lowest BCUT2D eigenvalue weighted by molar-refractivity contribution is 0.0712. The van der Waals surface area contributed by atoms with Crippen LogP contribution in [0.5, 0.6) is 16.7 Å². The summed E-state index contributed by atoms with van der Waals surface area (Å²) < 4.78 is 40.3. The van der Waals surface area contributed by atoms with Crippen LogP contribution in [-0.4, -0.2) is 54.4 Å². The fourth-order valence-electron chi connectivity index (χ4n) is 5.11. The van der Waals surface area contributed by atoms with Gasteiger partial charge in [0.25, 0.3) is 11.1 Å². The van der Waals surface area contributed by atoms with Gasteiger partial charge in [-0.2, -0.15) is 0 Å². The summed E-state index contributed by atoms with van der Waals surface area (Å²) in [5.41, 5.74) is 2.73. The maximum absolute atomic E-state index is 13.7. The van der Waals surface area contributed by atoms with Crippen LogP contribution in [0.1, 0.15) is 92.2 Å². The Bertz CT molecular complexity index is 1600. The van der Waals surface area contributed by atoms with Gasteiger partial charge in [0.15, 0.2) is 0 Å². The van der Waals surface area contributed by atoms with Crippen LogP contribution < -0.4 is 14.2 Å². The number of carbonyl (C=O) groups is 1. The first kappa shape index (κ1) is 32.0. The minimum atomic E-state index is -3.61. The van der Waals surface area contributed by atoms with Crippen molar-refractivity contribution in [1.82, 2.24) is 15.1 Å². The van der Waals surface area contributed by atoms with Gasteiger partial charge in [-0.05, 0) is 87.3 Å². The van der Waals surface area contributed by atoms with Crippen LogP contribution in [0.15, 0.2) is 48.6 Å². The number of benzene rings is 2. The molecule has 1 amide bonds. The lowest BCUT2D eigenvalue weighted by atomic mass is 9.89. The first-order valence-electron chi connectivity index (χ1n) is 15.3. The lowest BCUT2D eigenvalue weighted by Crippen LogP contribution is -2.38. The highest BCUT2D eigenvalue weighted by atomic mass is 32.2. The Morgan fingerprint density at radius 1 is 1.09 bits per heavy atom. The maximum atomic E-state index is 13.7. The predicted octanol–water partition coefficient (Wildman–Crippen LogP) is 7.21. The zero-order chi connectivity index (χ0) is 31.5. The number of aryl methyl sites for hydroxylation is 1. The summed E-state index contributed by atoms with van der Waals surface area (Å²) in [6.45, 7) is 11.3. The molecule has 5 rings (SSSR count). The quantitative estimate of drug-likeness (QED) is 0.221. The Balaban J connectivity index is 1.22. The number of allylic oxidation sites excluding steroid dienone is 2. The number of nitrogens with zero attached hydrogens (tertiary/aromatic N) is 3. The predicted molar refractivity (Wildman–Crippen MR) is 175 cm³/mol. The van der Waals surface area contributed by atoms with Crippen LogP contribution in [-0.2, 0) is 15.4 Å². The molecule has 1 aromatic heterocycles. The fraction of sp³-hybridized carbons (Fsp3) is 0.485.